The van der Waals surface area contributed by atoms with Gasteiger partial charge < -0.3 is 25.6 Å². The lowest BCUT2D eigenvalue weighted by Crippen LogP contribution is -2.39. The molecule has 2 fully saturated rings. The standard InChI is InChI=1S/C32H35N7O5/c1-32(2,42)18-43-27-14-13-26-23(16-35-39(26)28(27)19-7-8-19)30(41)36-21-9-11-22(12-10-21)44-31-24(29(34)40)17-38(37-31)25-6-4-3-5-20(25)15-33/h3-6,13-14,16-17,19,21-22,42H,7-12,18H2,1-2H3,(H2,34,40)(H,36,41). The number of nitrogens with one attached hydrogen (secondary N) is 1. The summed E-state index contributed by atoms with van der Waals surface area (Å²) in [6.45, 7) is 3.55. The van der Waals surface area contributed by atoms with E-state index in [-0.39, 0.29) is 36.1 Å². The van der Waals surface area contributed by atoms with Gasteiger partial charge in [0.15, 0.2) is 0 Å². The van der Waals surface area contributed by atoms with Crippen molar-refractivity contribution in [3.8, 4) is 23.4 Å². The van der Waals surface area contributed by atoms with Gasteiger partial charge in [0.1, 0.15) is 30.1 Å². The Hall–Kier alpha value is -4.89. The predicted molar refractivity (Wildman–Crippen MR) is 160 cm³/mol. The third-order valence-corrected chi connectivity index (χ3v) is 7.97. The number of hydrogen-bond acceptors (Lipinski definition) is 8. The summed E-state index contributed by atoms with van der Waals surface area (Å²) in [5.41, 5.74) is 7.84. The second-order valence-corrected chi connectivity index (χ2v) is 12.2. The van der Waals surface area contributed by atoms with Crippen LogP contribution in [0.3, 0.4) is 0 Å². The molecule has 3 aromatic heterocycles. The van der Waals surface area contributed by atoms with Crippen molar-refractivity contribution in [1.29, 1.82) is 5.26 Å². The number of fused-ring (bicyclic) bond motifs is 1. The van der Waals surface area contributed by atoms with Gasteiger partial charge in [0.05, 0.1) is 39.8 Å². The number of aliphatic hydroxyl groups is 1. The highest BCUT2D eigenvalue weighted by Crippen LogP contribution is 2.44. The molecule has 2 aliphatic rings. The third-order valence-electron chi connectivity index (χ3n) is 7.97. The van der Waals surface area contributed by atoms with Crippen LogP contribution >= 0.6 is 0 Å². The number of amides is 2. The number of nitrogens with zero attached hydrogens (tertiary/aromatic N) is 5. The van der Waals surface area contributed by atoms with Gasteiger partial charge >= 0.3 is 0 Å². The summed E-state index contributed by atoms with van der Waals surface area (Å²) in [5, 5.41) is 31.7. The van der Waals surface area contributed by atoms with Gasteiger partial charge in [-0.05, 0) is 76.6 Å². The molecular formula is C32H35N7O5. The molecule has 1 aromatic carbocycles. The first-order valence-corrected chi connectivity index (χ1v) is 14.8. The average Bonchev–Trinajstić information content (AvgIpc) is 3.60. The van der Waals surface area contributed by atoms with E-state index in [4.69, 9.17) is 15.2 Å². The minimum Gasteiger partial charge on any atom is -0.489 e. The molecule has 0 atom stereocenters. The van der Waals surface area contributed by atoms with Gasteiger partial charge in [-0.1, -0.05) is 12.1 Å². The molecule has 3 heterocycles. The Balaban J connectivity index is 1.11. The summed E-state index contributed by atoms with van der Waals surface area (Å²) in [6, 6.07) is 12.7. The highest BCUT2D eigenvalue weighted by atomic mass is 16.5. The van der Waals surface area contributed by atoms with E-state index < -0.39 is 11.5 Å². The fraction of sp³-hybridized carbons (Fsp3) is 0.406. The summed E-state index contributed by atoms with van der Waals surface area (Å²) < 4.78 is 15.3. The monoisotopic (exact) mass is 597 g/mol. The second-order valence-electron chi connectivity index (χ2n) is 12.2. The Morgan fingerprint density at radius 2 is 1.86 bits per heavy atom. The molecule has 6 rings (SSSR count). The van der Waals surface area contributed by atoms with Gasteiger partial charge in [-0.3, -0.25) is 9.59 Å². The summed E-state index contributed by atoms with van der Waals surface area (Å²) in [4.78, 5) is 25.5. The maximum absolute atomic E-state index is 13.4. The first-order chi connectivity index (χ1) is 21.1. The van der Waals surface area contributed by atoms with Crippen molar-refractivity contribution in [2.45, 2.75) is 76.0 Å². The molecule has 44 heavy (non-hydrogen) atoms. The molecule has 0 radical (unpaired) electrons. The van der Waals surface area contributed by atoms with Crippen molar-refractivity contribution >= 4 is 17.3 Å². The lowest BCUT2D eigenvalue weighted by Gasteiger charge is -2.29. The number of carbonyl (C=O) groups is 2. The van der Waals surface area contributed by atoms with Gasteiger partial charge in [-0.25, -0.2) is 9.20 Å². The summed E-state index contributed by atoms with van der Waals surface area (Å²) in [6.07, 6.45) is 7.57. The van der Waals surface area contributed by atoms with Crippen molar-refractivity contribution in [3.63, 3.8) is 0 Å². The number of rotatable bonds is 10. The quantitative estimate of drug-likeness (QED) is 0.249. The number of primary amides is 1. The molecule has 12 heteroatoms. The van der Waals surface area contributed by atoms with Crippen molar-refractivity contribution in [1.82, 2.24) is 24.7 Å². The van der Waals surface area contributed by atoms with Crippen LogP contribution in [0.5, 0.6) is 11.6 Å². The van der Waals surface area contributed by atoms with E-state index in [1.807, 2.05) is 12.1 Å². The average molecular weight is 598 g/mol. The molecular weight excluding hydrogens is 562 g/mol. The maximum Gasteiger partial charge on any atom is 0.255 e. The molecule has 0 bridgehead atoms. The number of nitrogens with two attached hydrogens (primary N) is 1. The van der Waals surface area contributed by atoms with Crippen LogP contribution in [0.4, 0.5) is 0 Å². The van der Waals surface area contributed by atoms with E-state index in [0.29, 0.717) is 59.7 Å². The number of pyridine rings is 1. The minimum absolute atomic E-state index is 0.0507. The van der Waals surface area contributed by atoms with Crippen LogP contribution in [0, 0.1) is 11.3 Å². The summed E-state index contributed by atoms with van der Waals surface area (Å²) in [5.74, 6) is 0.248. The van der Waals surface area contributed by atoms with Crippen LogP contribution in [-0.4, -0.2) is 60.7 Å². The molecule has 12 nitrogen and oxygen atoms in total. The zero-order valence-corrected chi connectivity index (χ0v) is 24.7. The Morgan fingerprint density at radius 3 is 2.55 bits per heavy atom. The Labute approximate surface area is 254 Å². The minimum atomic E-state index is -0.967. The van der Waals surface area contributed by atoms with Crippen LogP contribution in [0.2, 0.25) is 0 Å². The first kappa shape index (κ1) is 29.2. The van der Waals surface area contributed by atoms with Gasteiger partial charge in [-0.2, -0.15) is 10.4 Å². The molecule has 2 aliphatic carbocycles. The maximum atomic E-state index is 13.4. The van der Waals surface area contributed by atoms with Gasteiger partial charge in [0, 0.05) is 18.2 Å². The van der Waals surface area contributed by atoms with Crippen molar-refractivity contribution in [3.05, 3.63) is 71.2 Å². The largest absolute Gasteiger partial charge is 0.489 e. The van der Waals surface area contributed by atoms with E-state index in [0.717, 1.165) is 18.5 Å². The van der Waals surface area contributed by atoms with Gasteiger partial charge in [0.25, 0.3) is 11.8 Å². The van der Waals surface area contributed by atoms with Crippen LogP contribution in [-0.2, 0) is 0 Å². The zero-order valence-electron chi connectivity index (χ0n) is 24.7. The van der Waals surface area contributed by atoms with E-state index in [9.17, 15) is 20.0 Å². The predicted octanol–water partition coefficient (Wildman–Crippen LogP) is 3.64. The van der Waals surface area contributed by atoms with E-state index >= 15 is 0 Å². The lowest BCUT2D eigenvalue weighted by molar-refractivity contribution is 0.0279. The van der Waals surface area contributed by atoms with Crippen molar-refractivity contribution in [2.75, 3.05) is 6.61 Å². The summed E-state index contributed by atoms with van der Waals surface area (Å²) >= 11 is 0. The van der Waals surface area contributed by atoms with E-state index in [1.54, 1.807) is 48.8 Å². The molecule has 228 valence electrons. The lowest BCUT2D eigenvalue weighted by atomic mass is 9.92. The Kier molecular flexibility index (Phi) is 7.73. The molecule has 0 unspecified atom stereocenters. The highest BCUT2D eigenvalue weighted by molar-refractivity contribution is 6.01. The van der Waals surface area contributed by atoms with Gasteiger partial charge in [-0.15, -0.1) is 5.10 Å². The van der Waals surface area contributed by atoms with Crippen LogP contribution < -0.4 is 20.5 Å². The number of hydrogen-bond donors (Lipinski definition) is 3. The molecule has 0 aliphatic heterocycles. The Morgan fingerprint density at radius 1 is 1.11 bits per heavy atom. The summed E-state index contributed by atoms with van der Waals surface area (Å²) in [7, 11) is 0. The van der Waals surface area contributed by atoms with Crippen LogP contribution in [0.15, 0.2) is 48.8 Å². The van der Waals surface area contributed by atoms with Crippen molar-refractivity contribution < 1.29 is 24.2 Å². The first-order valence-electron chi connectivity index (χ1n) is 14.8. The number of nitriles is 1. The van der Waals surface area contributed by atoms with Gasteiger partial charge in [0.2, 0.25) is 5.88 Å². The highest BCUT2D eigenvalue weighted by Gasteiger charge is 2.32. The Bertz CT molecular complexity index is 1750. The van der Waals surface area contributed by atoms with E-state index in [2.05, 4.69) is 21.6 Å². The fourth-order valence-electron chi connectivity index (χ4n) is 5.59. The zero-order chi connectivity index (χ0) is 31.0. The molecule has 0 saturated heterocycles. The fourth-order valence-corrected chi connectivity index (χ4v) is 5.59. The normalized spacial score (nSPS) is 18.5. The topological polar surface area (TPSA) is 170 Å². The number of carbonyl (C=O) groups excluding carboxylic acids is 2. The van der Waals surface area contributed by atoms with E-state index in [1.165, 1.54) is 10.9 Å². The third kappa shape index (κ3) is 6.09. The molecule has 2 amide bonds. The molecule has 0 spiro atoms. The van der Waals surface area contributed by atoms with Crippen LogP contribution in [0.1, 0.15) is 90.3 Å². The molecule has 4 N–H and O–H groups in total. The molecule has 4 aromatic rings. The van der Waals surface area contributed by atoms with Crippen LogP contribution in [0.25, 0.3) is 11.2 Å². The number of ether oxygens (including phenoxy) is 2. The molecule has 2 saturated carbocycles. The number of benzene rings is 1. The smallest absolute Gasteiger partial charge is 0.255 e. The van der Waals surface area contributed by atoms with Crippen molar-refractivity contribution in [2.24, 2.45) is 5.73 Å². The number of aromatic nitrogens is 4. The second kappa shape index (κ2) is 11.7. The SMILES string of the molecule is CC(C)(O)COc1ccc2c(C(=O)NC3CCC(Oc4nn(-c5ccccc5C#N)cc4C(N)=O)CC3)cnn2c1C1CC1. The number of para-hydroxylation sites is 1.